The Morgan fingerprint density at radius 1 is 1.30 bits per heavy atom. The molecule has 0 radical (unpaired) electrons. The fraction of sp³-hybridized carbons (Fsp3) is 0.263. The van der Waals surface area contributed by atoms with Gasteiger partial charge in [0.1, 0.15) is 0 Å². The molecule has 0 saturated carbocycles. The zero-order chi connectivity index (χ0) is 18.4. The van der Waals surface area contributed by atoms with Gasteiger partial charge in [0.05, 0.1) is 17.9 Å². The van der Waals surface area contributed by atoms with Crippen molar-refractivity contribution in [2.75, 3.05) is 17.8 Å². The fourth-order valence-electron chi connectivity index (χ4n) is 2.56. The number of amides is 1. The molecule has 2 aromatic rings. The first-order valence-corrected chi connectivity index (χ1v) is 9.38. The van der Waals surface area contributed by atoms with Gasteiger partial charge in [-0.05, 0) is 18.6 Å². The van der Waals surface area contributed by atoms with E-state index < -0.39 is 0 Å². The van der Waals surface area contributed by atoms with Crippen molar-refractivity contribution in [1.82, 2.24) is 5.32 Å². The Bertz CT molecular complexity index is 799. The zero-order valence-corrected chi connectivity index (χ0v) is 17.3. The van der Waals surface area contributed by atoms with Crippen molar-refractivity contribution in [1.29, 1.82) is 0 Å². The van der Waals surface area contributed by atoms with Crippen molar-refractivity contribution in [3.8, 4) is 0 Å². The highest BCUT2D eigenvalue weighted by Crippen LogP contribution is 2.19. The van der Waals surface area contributed by atoms with Crippen molar-refractivity contribution < 1.29 is 31.1 Å². The molecule has 6 nitrogen and oxygen atoms in total. The van der Waals surface area contributed by atoms with Gasteiger partial charge in [0.15, 0.2) is 12.4 Å². The Morgan fingerprint density at radius 2 is 2.00 bits per heavy atom. The Balaban J connectivity index is 0.00000261. The normalized spacial score (nSPS) is 16.2. The number of anilines is 1. The average molecular weight is 449 g/mol. The molecular weight excluding hydrogens is 428 g/mol. The lowest BCUT2D eigenvalue weighted by molar-refractivity contribution is -0.684. The summed E-state index contributed by atoms with van der Waals surface area (Å²) in [5.41, 5.74) is 1.94. The minimum absolute atomic E-state index is 0. The molecular formula is C19H21BrN4O2S. The van der Waals surface area contributed by atoms with Crippen LogP contribution >= 0.6 is 11.8 Å². The summed E-state index contributed by atoms with van der Waals surface area (Å²) in [7, 11) is 1.89. The molecule has 142 valence electrons. The summed E-state index contributed by atoms with van der Waals surface area (Å²) in [4.78, 5) is 23.6. The molecule has 0 aliphatic carbocycles. The molecule has 1 aromatic carbocycles. The van der Waals surface area contributed by atoms with Gasteiger partial charge >= 0.3 is 0 Å². The van der Waals surface area contributed by atoms with E-state index in [4.69, 9.17) is 0 Å². The number of thioether (sulfide) groups is 1. The third-order valence-electron chi connectivity index (χ3n) is 4.02. The Morgan fingerprint density at radius 3 is 2.63 bits per heavy atom. The van der Waals surface area contributed by atoms with Crippen LogP contribution in [0.25, 0.3) is 0 Å². The molecule has 1 fully saturated rings. The summed E-state index contributed by atoms with van der Waals surface area (Å²) in [5.74, 6) is 0.628. The maximum atomic E-state index is 12.0. The topological polar surface area (TPSA) is 65.7 Å². The summed E-state index contributed by atoms with van der Waals surface area (Å²) in [5, 5.41) is 9.05. The number of carbonyl (C=O) groups is 2. The summed E-state index contributed by atoms with van der Waals surface area (Å²) in [6, 6.07) is 13.3. The lowest BCUT2D eigenvalue weighted by atomic mass is 10.2. The molecule has 27 heavy (non-hydrogen) atoms. The van der Waals surface area contributed by atoms with Crippen LogP contribution in [0.4, 0.5) is 5.69 Å². The number of hydrazone groups is 1. The standard InChI is InChI=1S/C19H20N4O2S.BrH/c1-22(16-5-3-2-4-6-16)20-13-15-7-10-23(11-8-15)14-18(24)21-17-9-12-26-19(17)25;/h2-8,10-11,13,17H,9,12,14H2,1H3;1H. The molecule has 1 amide bonds. The van der Waals surface area contributed by atoms with Crippen molar-refractivity contribution in [2.45, 2.75) is 19.0 Å². The maximum absolute atomic E-state index is 12.0. The highest BCUT2D eigenvalue weighted by molar-refractivity contribution is 8.14. The van der Waals surface area contributed by atoms with Gasteiger partial charge in [-0.15, -0.1) is 0 Å². The van der Waals surface area contributed by atoms with E-state index in [9.17, 15) is 9.59 Å². The molecule has 0 spiro atoms. The predicted molar refractivity (Wildman–Crippen MR) is 103 cm³/mol. The first-order valence-electron chi connectivity index (χ1n) is 8.40. The third-order valence-corrected chi connectivity index (χ3v) is 5.03. The average Bonchev–Trinajstić information content (AvgIpc) is 3.06. The minimum atomic E-state index is -0.340. The lowest BCUT2D eigenvalue weighted by Gasteiger charge is -2.11. The first kappa shape index (κ1) is 21.1. The molecule has 1 atom stereocenters. The number of hydrogen-bond donors (Lipinski definition) is 1. The van der Waals surface area contributed by atoms with Crippen LogP contribution in [0.2, 0.25) is 0 Å². The van der Waals surface area contributed by atoms with Crippen LogP contribution in [0.3, 0.4) is 0 Å². The van der Waals surface area contributed by atoms with Crippen molar-refractivity contribution in [3.05, 3.63) is 60.4 Å². The maximum Gasteiger partial charge on any atom is 0.286 e. The molecule has 1 aliphatic rings. The zero-order valence-electron chi connectivity index (χ0n) is 14.9. The van der Waals surface area contributed by atoms with E-state index in [1.54, 1.807) is 15.8 Å². The molecule has 3 rings (SSSR count). The van der Waals surface area contributed by atoms with E-state index in [1.807, 2.05) is 61.9 Å². The van der Waals surface area contributed by atoms with E-state index in [1.165, 1.54) is 11.8 Å². The largest absolute Gasteiger partial charge is 1.00 e. The van der Waals surface area contributed by atoms with Gasteiger partial charge in [-0.3, -0.25) is 14.6 Å². The molecule has 1 N–H and O–H groups in total. The van der Waals surface area contributed by atoms with Crippen LogP contribution in [-0.4, -0.2) is 36.1 Å². The third kappa shape index (κ3) is 6.18. The molecule has 2 heterocycles. The first-order chi connectivity index (χ1) is 12.6. The van der Waals surface area contributed by atoms with Crippen LogP contribution in [0, 0.1) is 0 Å². The highest BCUT2D eigenvalue weighted by atomic mass is 79.9. The van der Waals surface area contributed by atoms with Gasteiger partial charge in [0.2, 0.25) is 11.7 Å². The molecule has 1 unspecified atom stereocenters. The number of carbonyl (C=O) groups excluding carboxylic acids is 2. The number of nitrogens with zero attached hydrogens (tertiary/aromatic N) is 3. The smallest absolute Gasteiger partial charge is 0.286 e. The second-order valence-electron chi connectivity index (χ2n) is 5.98. The molecule has 1 aromatic heterocycles. The van der Waals surface area contributed by atoms with Crippen molar-refractivity contribution >= 4 is 34.7 Å². The van der Waals surface area contributed by atoms with Crippen LogP contribution in [-0.2, 0) is 16.1 Å². The van der Waals surface area contributed by atoms with Crippen molar-refractivity contribution in [3.63, 3.8) is 0 Å². The second kappa shape index (κ2) is 10.2. The van der Waals surface area contributed by atoms with Gasteiger partial charge in [0.25, 0.3) is 5.91 Å². The van der Waals surface area contributed by atoms with Gasteiger partial charge in [-0.2, -0.15) is 9.67 Å². The molecule has 1 aliphatic heterocycles. The molecule has 1 saturated heterocycles. The van der Waals surface area contributed by atoms with Crippen LogP contribution in [0.1, 0.15) is 12.0 Å². The van der Waals surface area contributed by atoms with Crippen LogP contribution < -0.4 is 31.9 Å². The summed E-state index contributed by atoms with van der Waals surface area (Å²) >= 11 is 1.28. The van der Waals surface area contributed by atoms with E-state index in [2.05, 4.69) is 10.4 Å². The van der Waals surface area contributed by atoms with Crippen molar-refractivity contribution in [2.24, 2.45) is 5.10 Å². The monoisotopic (exact) mass is 448 g/mol. The second-order valence-corrected chi connectivity index (χ2v) is 7.08. The van der Waals surface area contributed by atoms with Gasteiger partial charge < -0.3 is 22.3 Å². The fourth-order valence-corrected chi connectivity index (χ4v) is 3.49. The summed E-state index contributed by atoms with van der Waals surface area (Å²) in [6.45, 7) is 0.190. The highest BCUT2D eigenvalue weighted by Gasteiger charge is 2.27. The van der Waals surface area contributed by atoms with Gasteiger partial charge in [0, 0.05) is 30.5 Å². The van der Waals surface area contributed by atoms with E-state index in [0.29, 0.717) is 6.42 Å². The minimum Gasteiger partial charge on any atom is -1.00 e. The number of halogens is 1. The number of benzene rings is 1. The Hall–Kier alpha value is -2.19. The number of hydrogen-bond acceptors (Lipinski definition) is 5. The van der Waals surface area contributed by atoms with Gasteiger partial charge in [-0.1, -0.05) is 30.0 Å². The predicted octanol–water partition coefficient (Wildman–Crippen LogP) is -1.40. The van der Waals surface area contributed by atoms with E-state index in [0.717, 1.165) is 17.0 Å². The summed E-state index contributed by atoms with van der Waals surface area (Å²) < 4.78 is 1.78. The Labute approximate surface area is 173 Å². The summed E-state index contributed by atoms with van der Waals surface area (Å²) in [6.07, 6.45) is 6.14. The number of nitrogens with one attached hydrogen (secondary N) is 1. The number of aromatic nitrogens is 1. The molecule has 8 heteroatoms. The van der Waals surface area contributed by atoms with Gasteiger partial charge in [-0.25, -0.2) is 0 Å². The van der Waals surface area contributed by atoms with Crippen LogP contribution in [0.5, 0.6) is 0 Å². The van der Waals surface area contributed by atoms with E-state index >= 15 is 0 Å². The van der Waals surface area contributed by atoms with Crippen LogP contribution in [0.15, 0.2) is 60.0 Å². The number of rotatable bonds is 6. The van der Waals surface area contributed by atoms with E-state index in [-0.39, 0.29) is 40.6 Å². The Kier molecular flexibility index (Phi) is 7.99. The lowest BCUT2D eigenvalue weighted by Crippen LogP contribution is -3.00. The molecule has 0 bridgehead atoms. The number of pyridine rings is 1. The SMILES string of the molecule is CN(/N=C/c1cc[n+](CC(=O)NC2CCSC2=O)cc1)c1ccccc1.[Br-]. The quantitative estimate of drug-likeness (QED) is 0.335. The number of para-hydroxylation sites is 1.